The Labute approximate surface area is 221 Å². The van der Waals surface area contributed by atoms with E-state index in [1.165, 1.54) is 41.2 Å². The number of amides is 1. The number of nitrogens with zero attached hydrogens (tertiary/aromatic N) is 5. The first-order valence-corrected chi connectivity index (χ1v) is 13.7. The quantitative estimate of drug-likeness (QED) is 0.172. The summed E-state index contributed by atoms with van der Waals surface area (Å²) in [6.45, 7) is 2.78. The van der Waals surface area contributed by atoms with Crippen molar-refractivity contribution < 1.29 is 4.79 Å². The Kier molecular flexibility index (Phi) is 6.30. The minimum atomic E-state index is -0.189. The number of fused-ring (bicyclic) bond motifs is 1. The van der Waals surface area contributed by atoms with E-state index >= 15 is 0 Å². The van der Waals surface area contributed by atoms with Crippen LogP contribution < -0.4 is 10.2 Å². The molecule has 2 saturated heterocycles. The molecule has 2 aliphatic heterocycles. The van der Waals surface area contributed by atoms with Crippen LogP contribution in [0.15, 0.2) is 76.6 Å². The highest BCUT2D eigenvalue weighted by atomic mass is 32.1. The van der Waals surface area contributed by atoms with Gasteiger partial charge in [-0.25, -0.2) is 4.98 Å². The molecule has 1 amide bonds. The molecule has 6 rings (SSSR count). The molecule has 0 spiro atoms. The molecular weight excluding hydrogens is 509 g/mol. The fourth-order valence-electron chi connectivity index (χ4n) is 4.32. The van der Waals surface area contributed by atoms with Gasteiger partial charge in [0.15, 0.2) is 5.11 Å². The minimum absolute atomic E-state index is 0.189. The average molecular weight is 531 g/mol. The second-order valence-corrected chi connectivity index (χ2v) is 11.0. The second-order valence-electron chi connectivity index (χ2n) is 8.59. The van der Waals surface area contributed by atoms with E-state index in [2.05, 4.69) is 37.6 Å². The number of aromatic nitrogens is 1. The third kappa shape index (κ3) is 4.79. The summed E-state index contributed by atoms with van der Waals surface area (Å²) in [6.07, 6.45) is 4.39. The molecular formula is C26H22N6OS3. The summed E-state index contributed by atoms with van der Waals surface area (Å²) >= 11 is 8.41. The average Bonchev–Trinajstić information content (AvgIpc) is 3.66. The molecule has 2 aromatic heterocycles. The number of thiophene rings is 1. The zero-order valence-electron chi connectivity index (χ0n) is 19.3. The van der Waals surface area contributed by atoms with E-state index in [1.54, 1.807) is 0 Å². The van der Waals surface area contributed by atoms with Crippen LogP contribution in [0.1, 0.15) is 23.3 Å². The molecule has 0 saturated carbocycles. The van der Waals surface area contributed by atoms with E-state index < -0.39 is 0 Å². The van der Waals surface area contributed by atoms with Gasteiger partial charge in [0.25, 0.3) is 5.91 Å². The van der Waals surface area contributed by atoms with Crippen LogP contribution in [0.2, 0.25) is 0 Å². The molecule has 0 unspecified atom stereocenters. The van der Waals surface area contributed by atoms with E-state index in [1.807, 2.05) is 59.5 Å². The Morgan fingerprint density at radius 1 is 1.03 bits per heavy atom. The van der Waals surface area contributed by atoms with Gasteiger partial charge < -0.3 is 9.80 Å². The minimum Gasteiger partial charge on any atom is -0.372 e. The van der Waals surface area contributed by atoms with Gasteiger partial charge in [-0.15, -0.1) is 21.6 Å². The third-order valence-corrected chi connectivity index (χ3v) is 8.43. The molecule has 0 bridgehead atoms. The van der Waals surface area contributed by atoms with Crippen molar-refractivity contribution in [3.05, 3.63) is 76.8 Å². The lowest BCUT2D eigenvalue weighted by atomic mass is 10.2. The van der Waals surface area contributed by atoms with E-state index in [0.717, 1.165) is 38.7 Å². The van der Waals surface area contributed by atoms with Gasteiger partial charge in [-0.2, -0.15) is 0 Å². The molecule has 0 atom stereocenters. The maximum absolute atomic E-state index is 12.6. The summed E-state index contributed by atoms with van der Waals surface area (Å²) in [5.41, 5.74) is 3.66. The monoisotopic (exact) mass is 530 g/mol. The first-order valence-electron chi connectivity index (χ1n) is 11.7. The molecule has 0 radical (unpaired) electrons. The topological polar surface area (TPSA) is 73.2 Å². The van der Waals surface area contributed by atoms with Crippen LogP contribution in [0.3, 0.4) is 0 Å². The number of thiazole rings is 1. The van der Waals surface area contributed by atoms with Crippen molar-refractivity contribution in [1.82, 2.24) is 15.2 Å². The number of rotatable bonds is 6. The number of anilines is 1. The number of carbonyl (C=O) groups excluding carboxylic acids is 1. The molecule has 2 fully saturated rings. The highest BCUT2D eigenvalue weighted by molar-refractivity contribution is 7.80. The molecule has 7 nitrogen and oxygen atoms in total. The van der Waals surface area contributed by atoms with E-state index in [-0.39, 0.29) is 5.91 Å². The molecule has 4 heterocycles. The van der Waals surface area contributed by atoms with Gasteiger partial charge in [0.1, 0.15) is 10.5 Å². The summed E-state index contributed by atoms with van der Waals surface area (Å²) in [5.74, 6) is -0.189. The van der Waals surface area contributed by atoms with Crippen molar-refractivity contribution in [1.29, 1.82) is 0 Å². The van der Waals surface area contributed by atoms with Crippen LogP contribution in [0.25, 0.3) is 15.6 Å². The van der Waals surface area contributed by atoms with Crippen LogP contribution in [-0.4, -0.2) is 34.0 Å². The zero-order chi connectivity index (χ0) is 24.5. The highest BCUT2D eigenvalue weighted by Gasteiger charge is 2.30. The SMILES string of the molecule is O=C1NC(=S)N(Cc2ccccc2)/C1=C/c1cc2sc(N=Nc3ccc(N4CCCC4)cc3)nc2s1. The number of benzene rings is 2. The van der Waals surface area contributed by atoms with Crippen molar-refractivity contribution >= 4 is 78.0 Å². The second kappa shape index (κ2) is 9.88. The van der Waals surface area contributed by atoms with Gasteiger partial charge in [-0.05, 0) is 67.0 Å². The van der Waals surface area contributed by atoms with Crippen LogP contribution >= 0.6 is 34.9 Å². The summed E-state index contributed by atoms with van der Waals surface area (Å²) in [6, 6.07) is 20.2. The molecule has 2 aliphatic rings. The normalized spacial score (nSPS) is 17.3. The first kappa shape index (κ1) is 23.0. The number of nitrogens with one attached hydrogen (secondary N) is 1. The van der Waals surface area contributed by atoms with Gasteiger partial charge >= 0.3 is 0 Å². The van der Waals surface area contributed by atoms with Crippen LogP contribution in [0.5, 0.6) is 0 Å². The Morgan fingerprint density at radius 3 is 2.56 bits per heavy atom. The van der Waals surface area contributed by atoms with Crippen molar-refractivity contribution in [2.75, 3.05) is 18.0 Å². The molecule has 180 valence electrons. The van der Waals surface area contributed by atoms with E-state index in [9.17, 15) is 4.79 Å². The highest BCUT2D eigenvalue weighted by Crippen LogP contribution is 2.36. The van der Waals surface area contributed by atoms with Gasteiger partial charge in [-0.3, -0.25) is 10.1 Å². The predicted octanol–water partition coefficient (Wildman–Crippen LogP) is 6.63. The molecule has 36 heavy (non-hydrogen) atoms. The Bertz CT molecular complexity index is 1450. The fourth-order valence-corrected chi connectivity index (χ4v) is 6.56. The largest absolute Gasteiger partial charge is 0.372 e. The van der Waals surface area contributed by atoms with Crippen molar-refractivity contribution in [2.24, 2.45) is 10.2 Å². The standard InChI is InChI=1S/C26H22N6OS3/c33-23-21(32(26(34)27-23)16-17-6-2-1-3-7-17)14-20-15-22-24(35-20)28-25(36-22)30-29-18-8-10-19(11-9-18)31-12-4-5-13-31/h1-3,6-11,14-15H,4-5,12-13,16H2,(H,27,33,34)/b21-14+,30-29?. The van der Waals surface area contributed by atoms with E-state index in [4.69, 9.17) is 12.2 Å². The molecule has 2 aromatic carbocycles. The third-order valence-electron chi connectivity index (χ3n) is 6.12. The molecule has 0 aliphatic carbocycles. The Balaban J connectivity index is 1.18. The summed E-state index contributed by atoms with van der Waals surface area (Å²) in [7, 11) is 0. The van der Waals surface area contributed by atoms with Gasteiger partial charge in [0.05, 0.1) is 16.9 Å². The number of azo groups is 1. The van der Waals surface area contributed by atoms with Crippen LogP contribution in [-0.2, 0) is 11.3 Å². The number of thiocarbonyl (C=S) groups is 1. The zero-order valence-corrected chi connectivity index (χ0v) is 21.7. The number of hydrogen-bond acceptors (Lipinski definition) is 8. The van der Waals surface area contributed by atoms with Gasteiger partial charge in [0, 0.05) is 23.7 Å². The Hall–Kier alpha value is -3.47. The van der Waals surface area contributed by atoms with Crippen molar-refractivity contribution in [3.8, 4) is 0 Å². The Morgan fingerprint density at radius 2 is 1.81 bits per heavy atom. The van der Waals surface area contributed by atoms with Crippen molar-refractivity contribution in [2.45, 2.75) is 19.4 Å². The van der Waals surface area contributed by atoms with Gasteiger partial charge in [-0.1, -0.05) is 41.7 Å². The number of carbonyl (C=O) groups is 1. The molecule has 1 N–H and O–H groups in total. The summed E-state index contributed by atoms with van der Waals surface area (Å²) < 4.78 is 1.01. The van der Waals surface area contributed by atoms with Gasteiger partial charge in [0.2, 0.25) is 5.13 Å². The summed E-state index contributed by atoms with van der Waals surface area (Å²) in [5, 5.41) is 12.5. The van der Waals surface area contributed by atoms with Crippen LogP contribution in [0.4, 0.5) is 16.5 Å². The smallest absolute Gasteiger partial charge is 0.274 e. The lowest BCUT2D eigenvalue weighted by Crippen LogP contribution is -2.26. The lowest BCUT2D eigenvalue weighted by molar-refractivity contribution is -0.115. The molecule has 4 aromatic rings. The lowest BCUT2D eigenvalue weighted by Gasteiger charge is -2.17. The first-order chi connectivity index (χ1) is 17.6. The van der Waals surface area contributed by atoms with E-state index in [0.29, 0.717) is 22.5 Å². The maximum atomic E-state index is 12.6. The van der Waals surface area contributed by atoms with Crippen LogP contribution in [0, 0.1) is 0 Å². The fraction of sp³-hybridized carbons (Fsp3) is 0.192. The molecule has 10 heteroatoms. The summed E-state index contributed by atoms with van der Waals surface area (Å²) in [4.78, 5) is 23.2. The number of hydrogen-bond donors (Lipinski definition) is 1. The van der Waals surface area contributed by atoms with Crippen molar-refractivity contribution in [3.63, 3.8) is 0 Å². The maximum Gasteiger partial charge on any atom is 0.274 e. The predicted molar refractivity (Wildman–Crippen MR) is 150 cm³/mol.